The monoisotopic (exact) mass is 431 g/mol. The Bertz CT molecular complexity index is 1100. The topological polar surface area (TPSA) is 111 Å². The highest BCUT2D eigenvalue weighted by atomic mass is 16.5. The van der Waals surface area contributed by atoms with Crippen molar-refractivity contribution in [1.29, 1.82) is 0 Å². The smallest absolute Gasteiger partial charge is 0.252 e. The molecular weight excluding hydrogens is 406 g/mol. The van der Waals surface area contributed by atoms with Gasteiger partial charge in [-0.05, 0) is 41.5 Å². The highest BCUT2D eigenvalue weighted by molar-refractivity contribution is 5.99. The van der Waals surface area contributed by atoms with E-state index < -0.39 is 17.9 Å². The molecule has 4 N–H and O–H groups in total. The van der Waals surface area contributed by atoms with Crippen LogP contribution in [-0.4, -0.2) is 23.8 Å². The van der Waals surface area contributed by atoms with Crippen molar-refractivity contribution in [2.45, 2.75) is 26.0 Å². The molecule has 7 nitrogen and oxygen atoms in total. The van der Waals surface area contributed by atoms with Crippen molar-refractivity contribution in [3.8, 4) is 5.75 Å². The van der Waals surface area contributed by atoms with Crippen LogP contribution >= 0.6 is 0 Å². The molecule has 0 radical (unpaired) electrons. The first-order valence-corrected chi connectivity index (χ1v) is 10.1. The number of nitrogens with two attached hydrogens (primary N) is 1. The number of ether oxygens (including phenoxy) is 1. The molecule has 0 aromatic heterocycles. The molecule has 0 aliphatic carbocycles. The third-order valence-electron chi connectivity index (χ3n) is 4.68. The van der Waals surface area contributed by atoms with Gasteiger partial charge in [0.25, 0.3) is 5.91 Å². The van der Waals surface area contributed by atoms with Crippen molar-refractivity contribution in [1.82, 2.24) is 5.32 Å². The van der Waals surface area contributed by atoms with Crippen LogP contribution in [0.3, 0.4) is 0 Å². The van der Waals surface area contributed by atoms with Gasteiger partial charge < -0.3 is 21.1 Å². The highest BCUT2D eigenvalue weighted by Gasteiger charge is 2.20. The molecule has 7 heteroatoms. The van der Waals surface area contributed by atoms with Crippen LogP contribution in [0.5, 0.6) is 5.75 Å². The summed E-state index contributed by atoms with van der Waals surface area (Å²) >= 11 is 0. The molecular formula is C25H25N3O4. The molecule has 164 valence electrons. The van der Waals surface area contributed by atoms with E-state index in [9.17, 15) is 14.4 Å². The zero-order chi connectivity index (χ0) is 22.9. The van der Waals surface area contributed by atoms with Gasteiger partial charge >= 0.3 is 0 Å². The summed E-state index contributed by atoms with van der Waals surface area (Å²) in [7, 11) is 0. The van der Waals surface area contributed by atoms with Crippen molar-refractivity contribution in [3.05, 3.63) is 95.6 Å². The van der Waals surface area contributed by atoms with Crippen LogP contribution in [-0.2, 0) is 22.6 Å². The second kappa shape index (κ2) is 10.8. The maximum atomic E-state index is 12.7. The highest BCUT2D eigenvalue weighted by Crippen LogP contribution is 2.17. The van der Waals surface area contributed by atoms with Gasteiger partial charge in [-0.2, -0.15) is 0 Å². The Labute approximate surface area is 186 Å². The van der Waals surface area contributed by atoms with Crippen molar-refractivity contribution in [2.75, 3.05) is 5.32 Å². The molecule has 1 atom stereocenters. The van der Waals surface area contributed by atoms with Crippen LogP contribution in [0.4, 0.5) is 5.69 Å². The van der Waals surface area contributed by atoms with Gasteiger partial charge in [-0.25, -0.2) is 0 Å². The Kier molecular flexibility index (Phi) is 7.59. The molecule has 0 saturated carbocycles. The van der Waals surface area contributed by atoms with Crippen LogP contribution in [0.15, 0.2) is 78.9 Å². The average Bonchev–Trinajstić information content (AvgIpc) is 2.78. The second-order valence-electron chi connectivity index (χ2n) is 7.32. The zero-order valence-corrected chi connectivity index (χ0v) is 17.7. The molecule has 0 bridgehead atoms. The summed E-state index contributed by atoms with van der Waals surface area (Å²) in [5, 5.41) is 5.29. The van der Waals surface area contributed by atoms with Crippen LogP contribution in [0.1, 0.15) is 28.4 Å². The maximum Gasteiger partial charge on any atom is 0.252 e. The van der Waals surface area contributed by atoms with E-state index in [0.717, 1.165) is 11.1 Å². The van der Waals surface area contributed by atoms with E-state index in [0.29, 0.717) is 23.6 Å². The van der Waals surface area contributed by atoms with Gasteiger partial charge in [-0.1, -0.05) is 48.5 Å². The summed E-state index contributed by atoms with van der Waals surface area (Å²) in [5.41, 5.74) is 8.18. The molecule has 0 aliphatic heterocycles. The first-order chi connectivity index (χ1) is 15.4. The minimum absolute atomic E-state index is 0.217. The minimum atomic E-state index is -0.906. The number of rotatable bonds is 9. The number of nitrogens with one attached hydrogen (secondary N) is 2. The summed E-state index contributed by atoms with van der Waals surface area (Å²) in [6.07, 6.45) is 0.217. The van der Waals surface area contributed by atoms with Crippen LogP contribution < -0.4 is 21.1 Å². The Morgan fingerprint density at radius 3 is 2.34 bits per heavy atom. The summed E-state index contributed by atoms with van der Waals surface area (Å²) in [4.78, 5) is 35.9. The lowest BCUT2D eigenvalue weighted by molar-refractivity contribution is -0.119. The fourth-order valence-electron chi connectivity index (χ4n) is 3.14. The summed E-state index contributed by atoms with van der Waals surface area (Å²) in [6.45, 7) is 1.80. The number of primary amides is 1. The number of hydrogen-bond acceptors (Lipinski definition) is 4. The first kappa shape index (κ1) is 22.6. The van der Waals surface area contributed by atoms with Crippen molar-refractivity contribution >= 4 is 23.4 Å². The lowest BCUT2D eigenvalue weighted by Gasteiger charge is -2.17. The maximum absolute atomic E-state index is 12.7. The molecule has 3 aromatic rings. The normalized spacial score (nSPS) is 11.3. The molecule has 32 heavy (non-hydrogen) atoms. The number of benzene rings is 3. The molecule has 3 amide bonds. The van der Waals surface area contributed by atoms with E-state index in [1.165, 1.54) is 13.0 Å². The van der Waals surface area contributed by atoms with Crippen molar-refractivity contribution < 1.29 is 19.1 Å². The lowest BCUT2D eigenvalue weighted by atomic mass is 10.0. The summed E-state index contributed by atoms with van der Waals surface area (Å²) in [6, 6.07) is 22.6. The van der Waals surface area contributed by atoms with Gasteiger partial charge in [-0.15, -0.1) is 0 Å². The molecule has 0 heterocycles. The number of hydrogen-bond donors (Lipinski definition) is 3. The fourth-order valence-corrected chi connectivity index (χ4v) is 3.14. The van der Waals surface area contributed by atoms with Gasteiger partial charge in [0.05, 0.1) is 0 Å². The van der Waals surface area contributed by atoms with E-state index in [4.69, 9.17) is 10.5 Å². The van der Waals surface area contributed by atoms with E-state index in [1.807, 2.05) is 54.6 Å². The third kappa shape index (κ3) is 6.70. The van der Waals surface area contributed by atoms with Gasteiger partial charge in [0.1, 0.15) is 18.4 Å². The van der Waals surface area contributed by atoms with Crippen molar-refractivity contribution in [2.24, 2.45) is 5.73 Å². The van der Waals surface area contributed by atoms with E-state index in [-0.39, 0.29) is 12.3 Å². The standard InChI is InChI=1S/C25H25N3O4/c1-17(29)27-21-11-6-10-20(15-21)25(31)28-23(24(26)30)14-19-9-5-12-22(13-19)32-16-18-7-3-2-4-8-18/h2-13,15,23H,14,16H2,1H3,(H2,26,30)(H,27,29)(H,28,31)/t23-/m0/s1. The van der Waals surface area contributed by atoms with Gasteiger partial charge in [0, 0.05) is 24.6 Å². The van der Waals surface area contributed by atoms with E-state index >= 15 is 0 Å². The Hall–Kier alpha value is -4.13. The molecule has 0 saturated heterocycles. The number of carbonyl (C=O) groups excluding carboxylic acids is 3. The largest absolute Gasteiger partial charge is 0.489 e. The molecule has 3 rings (SSSR count). The zero-order valence-electron chi connectivity index (χ0n) is 17.7. The average molecular weight is 431 g/mol. The lowest BCUT2D eigenvalue weighted by Crippen LogP contribution is -2.45. The Morgan fingerprint density at radius 2 is 1.62 bits per heavy atom. The minimum Gasteiger partial charge on any atom is -0.489 e. The molecule has 0 aliphatic rings. The van der Waals surface area contributed by atoms with Crippen LogP contribution in [0, 0.1) is 0 Å². The van der Waals surface area contributed by atoms with Crippen LogP contribution in [0.25, 0.3) is 0 Å². The third-order valence-corrected chi connectivity index (χ3v) is 4.68. The molecule has 3 aromatic carbocycles. The summed E-state index contributed by atoms with van der Waals surface area (Å²) < 4.78 is 5.83. The first-order valence-electron chi connectivity index (χ1n) is 10.1. The van der Waals surface area contributed by atoms with Gasteiger partial charge in [-0.3, -0.25) is 14.4 Å². The van der Waals surface area contributed by atoms with Crippen molar-refractivity contribution in [3.63, 3.8) is 0 Å². The molecule has 0 fully saturated rings. The van der Waals surface area contributed by atoms with Crippen LogP contribution in [0.2, 0.25) is 0 Å². The number of amides is 3. The van der Waals surface area contributed by atoms with Gasteiger partial charge in [0.15, 0.2) is 0 Å². The Morgan fingerprint density at radius 1 is 0.906 bits per heavy atom. The summed E-state index contributed by atoms with van der Waals surface area (Å²) in [5.74, 6) is -0.694. The number of anilines is 1. The molecule has 0 unspecified atom stereocenters. The van der Waals surface area contributed by atoms with Gasteiger partial charge in [0.2, 0.25) is 11.8 Å². The molecule has 0 spiro atoms. The predicted molar refractivity (Wildman–Crippen MR) is 122 cm³/mol. The predicted octanol–water partition coefficient (Wildman–Crippen LogP) is 3.05. The number of carbonyl (C=O) groups is 3. The second-order valence-corrected chi connectivity index (χ2v) is 7.32. The van der Waals surface area contributed by atoms with E-state index in [2.05, 4.69) is 10.6 Å². The SMILES string of the molecule is CC(=O)Nc1cccc(C(=O)N[C@@H](Cc2cccc(OCc3ccccc3)c2)C(N)=O)c1. The quantitative estimate of drug-likeness (QED) is 0.484. The van der Waals surface area contributed by atoms with E-state index in [1.54, 1.807) is 18.2 Å². The Balaban J connectivity index is 1.66. The fraction of sp³-hybridized carbons (Fsp3) is 0.160.